The van der Waals surface area contributed by atoms with Crippen LogP contribution in [0.2, 0.25) is 0 Å². The second-order valence-electron chi connectivity index (χ2n) is 3.41. The Labute approximate surface area is 99.0 Å². The Hall–Kier alpha value is -0.910. The van der Waals surface area contributed by atoms with E-state index in [4.69, 9.17) is 10.5 Å². The number of ether oxygens (including phenoxy) is 1. The zero-order valence-corrected chi connectivity index (χ0v) is 10.1. The number of esters is 1. The number of carbonyl (C=O) groups is 1. The van der Waals surface area contributed by atoms with Crippen LogP contribution in [0.4, 0.5) is 0 Å². The maximum Gasteiger partial charge on any atom is 0.348 e. The van der Waals surface area contributed by atoms with E-state index in [1.165, 1.54) is 11.3 Å². The van der Waals surface area contributed by atoms with Gasteiger partial charge in [0.2, 0.25) is 0 Å². The average molecular weight is 243 g/mol. The molecule has 90 valence electrons. The minimum Gasteiger partial charge on any atom is -0.462 e. The maximum atomic E-state index is 11.4. The first-order chi connectivity index (χ1) is 7.67. The van der Waals surface area contributed by atoms with Crippen LogP contribution < -0.4 is 5.73 Å². The number of hydrogen-bond acceptors (Lipinski definition) is 5. The molecule has 5 heteroatoms. The molecule has 0 saturated carbocycles. The summed E-state index contributed by atoms with van der Waals surface area (Å²) in [6.45, 7) is 2.44. The van der Waals surface area contributed by atoms with Crippen LogP contribution in [0.25, 0.3) is 0 Å². The first kappa shape index (κ1) is 13.2. The molecule has 0 aromatic carbocycles. The molecule has 4 nitrogen and oxygen atoms in total. The fourth-order valence-electron chi connectivity index (χ4n) is 1.25. The monoisotopic (exact) mass is 243 g/mol. The summed E-state index contributed by atoms with van der Waals surface area (Å²) in [6, 6.07) is 3.65. The van der Waals surface area contributed by atoms with Crippen LogP contribution in [0.15, 0.2) is 12.1 Å². The van der Waals surface area contributed by atoms with Crippen LogP contribution in [-0.4, -0.2) is 30.3 Å². The zero-order chi connectivity index (χ0) is 12.0. The van der Waals surface area contributed by atoms with E-state index in [2.05, 4.69) is 0 Å². The number of rotatable bonds is 6. The molecule has 1 aromatic heterocycles. The molecule has 1 rings (SSSR count). The molecule has 0 aliphatic heterocycles. The molecule has 0 bridgehead atoms. The van der Waals surface area contributed by atoms with Gasteiger partial charge in [-0.2, -0.15) is 0 Å². The molecule has 0 aliphatic rings. The Kier molecular flexibility index (Phi) is 5.45. The number of thiophene rings is 1. The number of aryl methyl sites for hydroxylation is 1. The van der Waals surface area contributed by atoms with Gasteiger partial charge in [-0.1, -0.05) is 0 Å². The Morgan fingerprint density at radius 2 is 2.38 bits per heavy atom. The highest BCUT2D eigenvalue weighted by Crippen LogP contribution is 2.19. The van der Waals surface area contributed by atoms with E-state index >= 15 is 0 Å². The average Bonchev–Trinajstić information content (AvgIpc) is 2.75. The summed E-state index contributed by atoms with van der Waals surface area (Å²) in [5, 5.41) is 9.31. The van der Waals surface area contributed by atoms with Gasteiger partial charge in [-0.05, 0) is 31.9 Å². The van der Waals surface area contributed by atoms with Crippen molar-refractivity contribution in [3.8, 4) is 0 Å². The van der Waals surface area contributed by atoms with Crippen molar-refractivity contribution >= 4 is 17.3 Å². The summed E-state index contributed by atoms with van der Waals surface area (Å²) in [5.74, 6) is -0.280. The van der Waals surface area contributed by atoms with E-state index in [1.807, 2.05) is 6.07 Å². The molecular formula is C11H17NO3S. The fourth-order valence-corrected chi connectivity index (χ4v) is 2.17. The molecule has 0 spiro atoms. The first-order valence-electron chi connectivity index (χ1n) is 5.31. The third-order valence-corrected chi connectivity index (χ3v) is 3.26. The zero-order valence-electron chi connectivity index (χ0n) is 9.31. The van der Waals surface area contributed by atoms with E-state index in [9.17, 15) is 9.90 Å². The second kappa shape index (κ2) is 6.62. The van der Waals surface area contributed by atoms with Gasteiger partial charge >= 0.3 is 5.97 Å². The van der Waals surface area contributed by atoms with Crippen molar-refractivity contribution in [1.29, 1.82) is 0 Å². The van der Waals surface area contributed by atoms with Gasteiger partial charge in [-0.15, -0.1) is 11.3 Å². The van der Waals surface area contributed by atoms with Crippen LogP contribution in [0.3, 0.4) is 0 Å². The van der Waals surface area contributed by atoms with Gasteiger partial charge in [0, 0.05) is 11.4 Å². The molecule has 3 N–H and O–H groups in total. The second-order valence-corrected chi connectivity index (χ2v) is 4.58. The highest BCUT2D eigenvalue weighted by atomic mass is 32.1. The van der Waals surface area contributed by atoms with Crippen LogP contribution >= 0.6 is 11.3 Å². The van der Waals surface area contributed by atoms with Crippen molar-refractivity contribution < 1.29 is 14.6 Å². The van der Waals surface area contributed by atoms with Crippen molar-refractivity contribution in [2.75, 3.05) is 13.2 Å². The summed E-state index contributed by atoms with van der Waals surface area (Å²) < 4.78 is 4.89. The topological polar surface area (TPSA) is 72.5 Å². The minimum absolute atomic E-state index is 0.274. The molecule has 1 unspecified atom stereocenters. The molecule has 1 atom stereocenters. The quantitative estimate of drug-likeness (QED) is 0.736. The molecule has 1 heterocycles. The molecule has 0 radical (unpaired) electrons. The van der Waals surface area contributed by atoms with Gasteiger partial charge in [-0.3, -0.25) is 0 Å². The van der Waals surface area contributed by atoms with Gasteiger partial charge in [0.25, 0.3) is 0 Å². The smallest absolute Gasteiger partial charge is 0.348 e. The van der Waals surface area contributed by atoms with Gasteiger partial charge < -0.3 is 15.6 Å². The Bertz CT molecular complexity index is 338. The normalized spacial score (nSPS) is 12.4. The Morgan fingerprint density at radius 3 is 3.00 bits per heavy atom. The van der Waals surface area contributed by atoms with E-state index in [0.717, 1.165) is 11.3 Å². The molecule has 0 amide bonds. The molecule has 1 aromatic rings. The number of nitrogens with two attached hydrogens (primary N) is 1. The number of carbonyl (C=O) groups excluding carboxylic acids is 1. The first-order valence-corrected chi connectivity index (χ1v) is 6.13. The summed E-state index contributed by atoms with van der Waals surface area (Å²) in [7, 11) is 0. The maximum absolute atomic E-state index is 11.4. The van der Waals surface area contributed by atoms with Crippen LogP contribution in [0.1, 0.15) is 27.9 Å². The predicted molar refractivity (Wildman–Crippen MR) is 63.7 cm³/mol. The lowest BCUT2D eigenvalue weighted by Gasteiger charge is -2.04. The highest BCUT2D eigenvalue weighted by Gasteiger charge is 2.10. The number of aliphatic hydroxyl groups excluding tert-OH is 1. The predicted octanol–water partition coefficient (Wildman–Crippen LogP) is 1.18. The molecule has 16 heavy (non-hydrogen) atoms. The molecule has 0 aliphatic carbocycles. The minimum atomic E-state index is -0.465. The lowest BCUT2D eigenvalue weighted by atomic mass is 10.2. The third-order valence-electron chi connectivity index (χ3n) is 2.13. The van der Waals surface area contributed by atoms with Gasteiger partial charge in [0.15, 0.2) is 0 Å². The van der Waals surface area contributed by atoms with Crippen molar-refractivity contribution in [3.05, 3.63) is 21.9 Å². The number of hydrogen-bond donors (Lipinski definition) is 2. The molecular weight excluding hydrogens is 226 g/mol. The van der Waals surface area contributed by atoms with E-state index < -0.39 is 6.10 Å². The van der Waals surface area contributed by atoms with Gasteiger partial charge in [0.1, 0.15) is 4.88 Å². The van der Waals surface area contributed by atoms with Gasteiger partial charge in [0.05, 0.1) is 12.7 Å². The lowest BCUT2D eigenvalue weighted by molar-refractivity contribution is 0.0532. The van der Waals surface area contributed by atoms with E-state index in [0.29, 0.717) is 17.9 Å². The van der Waals surface area contributed by atoms with Crippen LogP contribution in [-0.2, 0) is 11.2 Å². The Balaban J connectivity index is 2.48. The van der Waals surface area contributed by atoms with Crippen molar-refractivity contribution in [1.82, 2.24) is 0 Å². The lowest BCUT2D eigenvalue weighted by Crippen LogP contribution is -2.19. The fraction of sp³-hybridized carbons (Fsp3) is 0.545. The van der Waals surface area contributed by atoms with E-state index in [1.54, 1.807) is 13.0 Å². The van der Waals surface area contributed by atoms with E-state index in [-0.39, 0.29) is 12.5 Å². The Morgan fingerprint density at radius 1 is 1.62 bits per heavy atom. The summed E-state index contributed by atoms with van der Waals surface area (Å²) >= 11 is 1.41. The molecule has 0 fully saturated rings. The van der Waals surface area contributed by atoms with Crippen molar-refractivity contribution in [2.45, 2.75) is 25.9 Å². The summed E-state index contributed by atoms with van der Waals surface area (Å²) in [6.07, 6.45) is 0.898. The largest absolute Gasteiger partial charge is 0.462 e. The number of aliphatic hydroxyl groups is 1. The SMILES string of the molecule is CCOC(=O)c1ccc(CCC(O)CN)s1. The van der Waals surface area contributed by atoms with Crippen molar-refractivity contribution in [3.63, 3.8) is 0 Å². The molecule has 0 saturated heterocycles. The summed E-state index contributed by atoms with van der Waals surface area (Å²) in [5.41, 5.74) is 5.31. The highest BCUT2D eigenvalue weighted by molar-refractivity contribution is 7.13. The summed E-state index contributed by atoms with van der Waals surface area (Å²) in [4.78, 5) is 13.0. The standard InChI is InChI=1S/C11H17NO3S/c1-2-15-11(14)10-6-5-9(16-10)4-3-8(13)7-12/h5-6,8,13H,2-4,7,12H2,1H3. The van der Waals surface area contributed by atoms with Crippen LogP contribution in [0, 0.1) is 0 Å². The van der Waals surface area contributed by atoms with Crippen molar-refractivity contribution in [2.24, 2.45) is 5.73 Å². The third kappa shape index (κ3) is 3.92. The van der Waals surface area contributed by atoms with Gasteiger partial charge in [-0.25, -0.2) is 4.79 Å². The van der Waals surface area contributed by atoms with Crippen LogP contribution in [0.5, 0.6) is 0 Å².